The van der Waals surface area contributed by atoms with Gasteiger partial charge in [-0.05, 0) is 12.1 Å². The molecule has 0 aliphatic carbocycles. The number of aromatic hydroxyl groups is 2. The predicted octanol–water partition coefficient (Wildman–Crippen LogP) is -1.17. The fraction of sp³-hybridized carbons (Fsp3) is 0. The molecular formula is C6H6Na2O8S2. The van der Waals surface area contributed by atoms with Crippen LogP contribution in [0.15, 0.2) is 21.9 Å². The van der Waals surface area contributed by atoms with E-state index < -0.39 is 41.5 Å². The molecule has 1 aromatic rings. The number of benzene rings is 1. The van der Waals surface area contributed by atoms with Gasteiger partial charge in [0.15, 0.2) is 10.6 Å². The van der Waals surface area contributed by atoms with Crippen LogP contribution in [0.25, 0.3) is 0 Å². The van der Waals surface area contributed by atoms with Crippen molar-refractivity contribution in [3.05, 3.63) is 12.1 Å². The van der Waals surface area contributed by atoms with E-state index >= 15 is 0 Å². The molecule has 1 rings (SSSR count). The molecule has 0 amide bonds. The van der Waals surface area contributed by atoms with E-state index in [1.54, 1.807) is 0 Å². The van der Waals surface area contributed by atoms with E-state index in [2.05, 4.69) is 0 Å². The summed E-state index contributed by atoms with van der Waals surface area (Å²) in [5.41, 5.74) is 0. The average molecular weight is 316 g/mol. The summed E-state index contributed by atoms with van der Waals surface area (Å²) in [4.78, 5) is -2.53. The molecule has 0 fully saturated rings. The minimum Gasteiger partial charge on any atom is -0.506 e. The number of rotatable bonds is 2. The number of hydrogen-bond acceptors (Lipinski definition) is 6. The van der Waals surface area contributed by atoms with Crippen molar-refractivity contribution in [1.29, 1.82) is 0 Å². The molecule has 92 valence electrons. The van der Waals surface area contributed by atoms with E-state index in [0.717, 1.165) is 0 Å². The van der Waals surface area contributed by atoms with Gasteiger partial charge in [0.05, 0.1) is 0 Å². The van der Waals surface area contributed by atoms with Crippen LogP contribution >= 0.6 is 0 Å². The van der Waals surface area contributed by atoms with Crippen LogP contribution < -0.4 is 0 Å². The molecule has 0 unspecified atom stereocenters. The molecule has 0 atom stereocenters. The monoisotopic (exact) mass is 316 g/mol. The molecule has 0 saturated carbocycles. The summed E-state index contributed by atoms with van der Waals surface area (Å²) in [7, 11) is -9.89. The van der Waals surface area contributed by atoms with Crippen LogP contribution in [0.3, 0.4) is 0 Å². The van der Waals surface area contributed by atoms with Gasteiger partial charge in [0.25, 0.3) is 10.1 Å². The van der Waals surface area contributed by atoms with Gasteiger partial charge in [-0.2, -0.15) is 16.8 Å². The molecule has 8 nitrogen and oxygen atoms in total. The molecule has 4 N–H and O–H groups in total. The first-order chi connectivity index (χ1) is 7.05. The Morgan fingerprint density at radius 1 is 0.833 bits per heavy atom. The smallest absolute Gasteiger partial charge is 0.302 e. The van der Waals surface area contributed by atoms with Gasteiger partial charge in [0, 0.05) is 59.1 Å². The molecule has 0 aliphatic heterocycles. The standard InChI is InChI=1S/C6H6O8S2.2Na/c7-3-1-2-4(15(9,10)11)5(8)6(3)16(12,13)14;;/h1-2,7-8H,(H,9,10,11)(H,12,13,14);;. The van der Waals surface area contributed by atoms with Gasteiger partial charge in [-0.25, -0.2) is 0 Å². The van der Waals surface area contributed by atoms with Crippen LogP contribution in [-0.2, 0) is 20.2 Å². The molecule has 2 radical (unpaired) electrons. The normalized spacial score (nSPS) is 11.2. The first-order valence-electron chi connectivity index (χ1n) is 3.55. The predicted molar refractivity (Wildman–Crippen MR) is 60.9 cm³/mol. The number of phenolic OH excluding ortho intramolecular Hbond substituents is 2. The summed E-state index contributed by atoms with van der Waals surface area (Å²) in [5.74, 6) is -2.50. The van der Waals surface area contributed by atoms with Crippen molar-refractivity contribution in [3.63, 3.8) is 0 Å². The Kier molecular flexibility index (Phi) is 8.01. The van der Waals surface area contributed by atoms with E-state index in [9.17, 15) is 21.9 Å². The number of hydrogen-bond donors (Lipinski definition) is 4. The third-order valence-electron chi connectivity index (χ3n) is 1.61. The summed E-state index contributed by atoms with van der Waals surface area (Å²) >= 11 is 0. The van der Waals surface area contributed by atoms with Crippen LogP contribution in [0.5, 0.6) is 11.5 Å². The van der Waals surface area contributed by atoms with Crippen molar-refractivity contribution in [1.82, 2.24) is 0 Å². The zero-order valence-electron chi connectivity index (χ0n) is 9.39. The van der Waals surface area contributed by atoms with Gasteiger partial charge in [0.2, 0.25) is 0 Å². The van der Waals surface area contributed by atoms with Gasteiger partial charge in [0.1, 0.15) is 10.6 Å². The molecule has 1 aromatic carbocycles. The Morgan fingerprint density at radius 2 is 1.28 bits per heavy atom. The Hall–Kier alpha value is 0.640. The van der Waals surface area contributed by atoms with E-state index in [-0.39, 0.29) is 59.1 Å². The first kappa shape index (κ1) is 20.9. The third-order valence-corrected chi connectivity index (χ3v) is 3.41. The SMILES string of the molecule is O=S(=O)(O)c1ccc(O)c(S(=O)(=O)O)c1O.[Na].[Na]. The Morgan fingerprint density at radius 3 is 1.61 bits per heavy atom. The molecule has 0 aliphatic rings. The average Bonchev–Trinajstić information content (AvgIpc) is 1.97. The molecular weight excluding hydrogens is 310 g/mol. The Bertz CT molecular complexity index is 636. The Balaban J connectivity index is 0. The zero-order valence-corrected chi connectivity index (χ0v) is 15.0. The maximum absolute atomic E-state index is 10.7. The summed E-state index contributed by atoms with van der Waals surface area (Å²) in [6.45, 7) is 0. The molecule has 0 bridgehead atoms. The van der Waals surface area contributed by atoms with Crippen LogP contribution in [0.2, 0.25) is 0 Å². The quantitative estimate of drug-likeness (QED) is 0.394. The maximum Gasteiger partial charge on any atom is 0.302 e. The molecule has 18 heavy (non-hydrogen) atoms. The first-order valence-corrected chi connectivity index (χ1v) is 6.43. The van der Waals surface area contributed by atoms with Crippen molar-refractivity contribution in [2.45, 2.75) is 9.79 Å². The second-order valence-electron chi connectivity index (χ2n) is 2.71. The van der Waals surface area contributed by atoms with Gasteiger partial charge >= 0.3 is 10.1 Å². The van der Waals surface area contributed by atoms with Crippen molar-refractivity contribution >= 4 is 79.4 Å². The summed E-state index contributed by atoms with van der Waals surface area (Å²) in [5, 5.41) is 18.2. The topological polar surface area (TPSA) is 149 Å². The fourth-order valence-corrected chi connectivity index (χ4v) is 2.34. The van der Waals surface area contributed by atoms with Gasteiger partial charge in [-0.15, -0.1) is 0 Å². The molecule has 0 aromatic heterocycles. The summed E-state index contributed by atoms with van der Waals surface area (Å²) in [6.07, 6.45) is 0. The second-order valence-corrected chi connectivity index (χ2v) is 5.46. The minimum atomic E-state index is -5.02. The maximum atomic E-state index is 10.7. The summed E-state index contributed by atoms with van der Waals surface area (Å²) in [6, 6.07) is 1.17. The molecule has 12 heteroatoms. The zero-order chi connectivity index (χ0) is 12.7. The minimum absolute atomic E-state index is 0. The van der Waals surface area contributed by atoms with Crippen molar-refractivity contribution in [2.24, 2.45) is 0 Å². The van der Waals surface area contributed by atoms with Crippen LogP contribution in [0.4, 0.5) is 0 Å². The van der Waals surface area contributed by atoms with E-state index in [4.69, 9.17) is 14.2 Å². The van der Waals surface area contributed by atoms with Crippen molar-refractivity contribution < 1.29 is 36.2 Å². The van der Waals surface area contributed by atoms with Crippen LogP contribution in [0, 0.1) is 0 Å². The molecule has 0 saturated heterocycles. The largest absolute Gasteiger partial charge is 0.506 e. The molecule has 0 spiro atoms. The van der Waals surface area contributed by atoms with E-state index in [0.29, 0.717) is 12.1 Å². The Labute approximate surface area is 147 Å². The molecule has 0 heterocycles. The number of phenols is 2. The van der Waals surface area contributed by atoms with Gasteiger partial charge in [-0.3, -0.25) is 9.11 Å². The van der Waals surface area contributed by atoms with E-state index in [1.165, 1.54) is 0 Å². The van der Waals surface area contributed by atoms with Crippen LogP contribution in [0.1, 0.15) is 0 Å². The van der Waals surface area contributed by atoms with Crippen molar-refractivity contribution in [2.75, 3.05) is 0 Å². The van der Waals surface area contributed by atoms with Crippen molar-refractivity contribution in [3.8, 4) is 11.5 Å². The van der Waals surface area contributed by atoms with Gasteiger partial charge in [-0.1, -0.05) is 0 Å². The van der Waals surface area contributed by atoms with Gasteiger partial charge < -0.3 is 10.2 Å². The second kappa shape index (κ2) is 6.88. The van der Waals surface area contributed by atoms with E-state index in [1.807, 2.05) is 0 Å². The summed E-state index contributed by atoms with van der Waals surface area (Å²) < 4.78 is 60.0. The van der Waals surface area contributed by atoms with Crippen LogP contribution in [-0.4, -0.2) is 95.3 Å². The third kappa shape index (κ3) is 4.63. The fourth-order valence-electron chi connectivity index (χ4n) is 1.00.